The molecule has 0 saturated carbocycles. The van der Waals surface area contributed by atoms with Crippen molar-refractivity contribution in [2.24, 2.45) is 16.6 Å². The molecule has 3 heterocycles. The SMILES string of the molecule is CCC(Cc1ccc(C(F)(F)F)cc1NC(=O)Nc1cnc(Oc2ccc(C3=C(N)N=CC(C4C[I-]4)C3)cc2)nc1)S(=O)O. The second kappa shape index (κ2) is 13.6. The van der Waals surface area contributed by atoms with Gasteiger partial charge in [0.1, 0.15) is 0 Å². The van der Waals surface area contributed by atoms with E-state index in [1.54, 1.807) is 19.1 Å². The molecule has 1 fully saturated rings. The van der Waals surface area contributed by atoms with Crippen molar-refractivity contribution in [3.05, 3.63) is 77.4 Å². The predicted octanol–water partition coefficient (Wildman–Crippen LogP) is 2.66. The van der Waals surface area contributed by atoms with Crippen LogP contribution < -0.4 is 42.3 Å². The summed E-state index contributed by atoms with van der Waals surface area (Å²) in [6.45, 7) is 1.69. The molecular formula is C29H29F3IN6O4S-. The molecule has 2 amide bonds. The van der Waals surface area contributed by atoms with Crippen molar-refractivity contribution in [2.75, 3.05) is 15.1 Å². The number of carbonyl (C=O) groups is 1. The fourth-order valence-corrected chi connectivity index (χ4v) is 7.26. The van der Waals surface area contributed by atoms with Gasteiger partial charge in [0.05, 0.1) is 16.5 Å². The molecule has 5 rings (SSSR count). The Morgan fingerprint density at radius 3 is 2.50 bits per heavy atom. The molecule has 15 heteroatoms. The molecule has 3 aromatic rings. The number of allylic oxidation sites excluding steroid dienone is 1. The molecule has 2 aliphatic rings. The van der Waals surface area contributed by atoms with Gasteiger partial charge in [-0.25, -0.2) is 9.00 Å². The van der Waals surface area contributed by atoms with Gasteiger partial charge < -0.3 is 15.2 Å². The Morgan fingerprint density at radius 1 is 1.18 bits per heavy atom. The zero-order chi connectivity index (χ0) is 31.4. The van der Waals surface area contributed by atoms with Crippen LogP contribution in [0.15, 0.2) is 65.7 Å². The second-order valence-corrected chi connectivity index (χ2v) is 14.8. The minimum absolute atomic E-state index is 0.00942. The van der Waals surface area contributed by atoms with Gasteiger partial charge in [-0.2, -0.15) is 13.2 Å². The van der Waals surface area contributed by atoms with E-state index in [0.717, 1.165) is 33.6 Å². The molecule has 0 aliphatic carbocycles. The molecule has 0 radical (unpaired) electrons. The van der Waals surface area contributed by atoms with E-state index in [4.69, 9.17) is 10.5 Å². The first-order valence-electron chi connectivity index (χ1n) is 13.6. The fourth-order valence-electron chi connectivity index (χ4n) is 4.61. The van der Waals surface area contributed by atoms with E-state index >= 15 is 0 Å². The van der Waals surface area contributed by atoms with Crippen LogP contribution >= 0.6 is 0 Å². The summed E-state index contributed by atoms with van der Waals surface area (Å²) in [5, 5.41) is 4.16. The number of halogens is 4. The van der Waals surface area contributed by atoms with E-state index in [9.17, 15) is 26.7 Å². The molecule has 2 aromatic carbocycles. The van der Waals surface area contributed by atoms with Crippen molar-refractivity contribution in [1.29, 1.82) is 0 Å². The Kier molecular flexibility index (Phi) is 9.84. The van der Waals surface area contributed by atoms with Crippen molar-refractivity contribution >= 4 is 40.3 Å². The number of nitrogens with two attached hydrogens (primary N) is 1. The third kappa shape index (κ3) is 8.12. The molecule has 1 aromatic heterocycles. The van der Waals surface area contributed by atoms with Gasteiger partial charge in [0.15, 0.2) is 11.1 Å². The smallest absolute Gasteiger partial charge is 0.306 e. The third-order valence-corrected chi connectivity index (χ3v) is 11.0. The predicted molar refractivity (Wildman–Crippen MR) is 158 cm³/mol. The van der Waals surface area contributed by atoms with Crippen molar-refractivity contribution in [3.63, 3.8) is 0 Å². The van der Waals surface area contributed by atoms with E-state index in [-0.39, 0.29) is 29.4 Å². The van der Waals surface area contributed by atoms with Crippen LogP contribution in [-0.2, 0) is 23.7 Å². The molecule has 5 N–H and O–H groups in total. The molecule has 0 spiro atoms. The van der Waals surface area contributed by atoms with Gasteiger partial charge in [-0.3, -0.25) is 0 Å². The number of aliphatic imine (C=N–C) groups is 1. The molecule has 0 bridgehead atoms. The Hall–Kier alpha value is -3.57. The monoisotopic (exact) mass is 741 g/mol. The summed E-state index contributed by atoms with van der Waals surface area (Å²) in [6, 6.07) is 9.38. The molecule has 1 saturated heterocycles. The van der Waals surface area contributed by atoms with Crippen molar-refractivity contribution in [2.45, 2.75) is 41.5 Å². The van der Waals surface area contributed by atoms with Gasteiger partial charge in [0.2, 0.25) is 0 Å². The number of benzene rings is 2. The fraction of sp³-hybridized carbons (Fsp3) is 0.310. The number of nitrogens with zero attached hydrogens (tertiary/aromatic N) is 3. The summed E-state index contributed by atoms with van der Waals surface area (Å²) in [6.07, 6.45) is 1.10. The quantitative estimate of drug-likeness (QED) is 0.142. The van der Waals surface area contributed by atoms with Crippen LogP contribution in [0.2, 0.25) is 0 Å². The van der Waals surface area contributed by atoms with Crippen LogP contribution in [0.5, 0.6) is 11.8 Å². The number of urea groups is 1. The molecular weight excluding hydrogens is 712 g/mol. The molecule has 4 atom stereocenters. The number of aromatic nitrogens is 2. The van der Waals surface area contributed by atoms with E-state index in [1.165, 1.54) is 22.9 Å². The van der Waals surface area contributed by atoms with Crippen molar-refractivity contribution in [3.8, 4) is 11.8 Å². The first-order chi connectivity index (χ1) is 21.0. The van der Waals surface area contributed by atoms with Crippen molar-refractivity contribution in [1.82, 2.24) is 9.97 Å². The Morgan fingerprint density at radius 2 is 1.89 bits per heavy atom. The Labute approximate surface area is 264 Å². The Bertz CT molecular complexity index is 1600. The van der Waals surface area contributed by atoms with Gasteiger partial charge in [-0.05, 0) is 30.5 Å². The number of amides is 2. The number of hydrogen-bond acceptors (Lipinski definition) is 7. The first-order valence-corrected chi connectivity index (χ1v) is 17.5. The standard InChI is InChI=1S/C29H29F3IN6O4S/c1-2-22(44(41)42)9-17-3-6-19(29(30,31)32)11-25(17)39-27(40)38-20-14-36-28(37-15-20)43-21-7-4-16(5-8-21)23-10-18(24-12-33-24)13-35-26(23)34/h3-8,11,13-15,18,22,24H,2,9-10,12,34H2,1H3,(H,41,42)(H2,38,39,40)/q-1. The average Bonchev–Trinajstić information content (AvgIpc) is 3.83. The zero-order valence-electron chi connectivity index (χ0n) is 23.3. The second-order valence-electron chi connectivity index (χ2n) is 10.2. The maximum absolute atomic E-state index is 13.3. The first kappa shape index (κ1) is 31.8. The molecule has 2 aliphatic heterocycles. The zero-order valence-corrected chi connectivity index (χ0v) is 26.3. The van der Waals surface area contributed by atoms with E-state index < -0.39 is 34.1 Å². The van der Waals surface area contributed by atoms with Crippen LogP contribution in [0.4, 0.5) is 29.3 Å². The van der Waals surface area contributed by atoms with Crippen molar-refractivity contribution < 1.29 is 52.7 Å². The number of hydrogen-bond donors (Lipinski definition) is 4. The van der Waals surface area contributed by atoms with Crippen LogP contribution in [0.25, 0.3) is 5.57 Å². The van der Waals surface area contributed by atoms with Gasteiger partial charge in [0.25, 0.3) is 0 Å². The van der Waals surface area contributed by atoms with Gasteiger partial charge in [-0.15, -0.1) is 0 Å². The summed E-state index contributed by atoms with van der Waals surface area (Å²) in [5.74, 6) is 1.48. The van der Waals surface area contributed by atoms with Gasteiger partial charge in [0, 0.05) is 5.69 Å². The summed E-state index contributed by atoms with van der Waals surface area (Å²) < 4.78 is 69.0. The molecule has 4 unspecified atom stereocenters. The minimum atomic E-state index is -4.64. The van der Waals surface area contributed by atoms with Crippen LogP contribution in [0.1, 0.15) is 36.5 Å². The molecule has 234 valence electrons. The summed E-state index contributed by atoms with van der Waals surface area (Å²) >= 11 is -1.88. The van der Waals surface area contributed by atoms with Crippen LogP contribution in [-0.4, -0.2) is 44.6 Å². The normalized spacial score (nSPS) is 19.5. The van der Waals surface area contributed by atoms with Crippen LogP contribution in [0, 0.1) is 5.92 Å². The topological polar surface area (TPSA) is 152 Å². The number of rotatable bonds is 10. The average molecular weight is 742 g/mol. The number of alkyl halides is 5. The summed E-state index contributed by atoms with van der Waals surface area (Å²) in [4.78, 5) is 25.3. The van der Waals surface area contributed by atoms with Crippen LogP contribution in [0.3, 0.4) is 0 Å². The number of nitrogens with one attached hydrogen (secondary N) is 2. The van der Waals surface area contributed by atoms with E-state index in [2.05, 4.69) is 25.6 Å². The Balaban J connectivity index is 1.21. The molecule has 44 heavy (non-hydrogen) atoms. The van der Waals surface area contributed by atoms with Gasteiger partial charge in [-0.1, -0.05) is 13.0 Å². The molecule has 10 nitrogen and oxygen atoms in total. The summed E-state index contributed by atoms with van der Waals surface area (Å²) in [7, 11) is 0. The maximum atomic E-state index is 13.3. The van der Waals surface area contributed by atoms with E-state index in [0.29, 0.717) is 45.1 Å². The van der Waals surface area contributed by atoms with E-state index in [1.807, 2.05) is 18.3 Å². The van der Waals surface area contributed by atoms with Gasteiger partial charge >= 0.3 is 151 Å². The minimum Gasteiger partial charge on any atom is -0.306 e. The number of carbonyl (C=O) groups excluding carboxylic acids is 1. The number of anilines is 2. The summed E-state index contributed by atoms with van der Waals surface area (Å²) in [5.41, 5.74) is 7.50. The third-order valence-electron chi connectivity index (χ3n) is 7.12. The number of ether oxygens (including phenoxy) is 1.